The molecule has 0 fully saturated rings. The highest BCUT2D eigenvalue weighted by Gasteiger charge is 2.25. The van der Waals surface area contributed by atoms with Gasteiger partial charge in [0, 0.05) is 36.8 Å². The van der Waals surface area contributed by atoms with Crippen LogP contribution in [0.1, 0.15) is 36.5 Å². The third kappa shape index (κ3) is 5.21. The number of carbonyl (C=O) groups is 1. The van der Waals surface area contributed by atoms with Gasteiger partial charge in [-0.25, -0.2) is 0 Å². The maximum Gasteiger partial charge on any atom is 0.254 e. The van der Waals surface area contributed by atoms with Crippen molar-refractivity contribution in [2.75, 3.05) is 13.1 Å². The number of rotatable bonds is 8. The molecule has 0 heterocycles. The standard InChI is InChI=1S/C22H28N2O/c1-4-11-18(5-2)17-23-20-14-10-15-21(16-20)24(6-3)22(25)19-12-8-7-9-13-19/h4-5,7-9,11-14,21,23H,1-2,6,10,15-17H2,3H3/b18-11+. The zero-order valence-corrected chi connectivity index (χ0v) is 15.1. The number of nitrogens with zero attached hydrogens (tertiary/aromatic N) is 1. The van der Waals surface area contributed by atoms with Crippen molar-refractivity contribution in [1.29, 1.82) is 0 Å². The maximum absolute atomic E-state index is 12.8. The molecule has 132 valence electrons. The van der Waals surface area contributed by atoms with Crippen LogP contribution >= 0.6 is 0 Å². The Labute approximate surface area is 151 Å². The summed E-state index contributed by atoms with van der Waals surface area (Å²) < 4.78 is 0. The number of amides is 1. The van der Waals surface area contributed by atoms with Crippen LogP contribution in [0.3, 0.4) is 0 Å². The lowest BCUT2D eigenvalue weighted by atomic mass is 9.96. The molecule has 1 atom stereocenters. The Bertz CT molecular complexity index is 658. The normalized spacial score (nSPS) is 17.4. The third-order valence-electron chi connectivity index (χ3n) is 4.52. The molecule has 0 aromatic heterocycles. The van der Waals surface area contributed by atoms with Crippen molar-refractivity contribution in [2.45, 2.75) is 32.2 Å². The Balaban J connectivity index is 2.01. The molecular weight excluding hydrogens is 308 g/mol. The molecule has 2 rings (SSSR count). The molecule has 1 unspecified atom stereocenters. The smallest absolute Gasteiger partial charge is 0.254 e. The van der Waals surface area contributed by atoms with E-state index >= 15 is 0 Å². The Morgan fingerprint density at radius 1 is 1.32 bits per heavy atom. The minimum Gasteiger partial charge on any atom is -0.384 e. The van der Waals surface area contributed by atoms with Crippen molar-refractivity contribution in [3.05, 3.63) is 84.6 Å². The molecule has 1 aliphatic rings. The van der Waals surface area contributed by atoms with Crippen LogP contribution in [0.25, 0.3) is 0 Å². The van der Waals surface area contributed by atoms with Gasteiger partial charge in [-0.2, -0.15) is 0 Å². The highest BCUT2D eigenvalue weighted by Crippen LogP contribution is 2.23. The van der Waals surface area contributed by atoms with E-state index in [4.69, 9.17) is 0 Å². The summed E-state index contributed by atoms with van der Waals surface area (Å²) in [5.74, 6) is 0.118. The van der Waals surface area contributed by atoms with E-state index in [-0.39, 0.29) is 11.9 Å². The largest absolute Gasteiger partial charge is 0.384 e. The summed E-state index contributed by atoms with van der Waals surface area (Å²) in [4.78, 5) is 14.8. The van der Waals surface area contributed by atoms with Gasteiger partial charge in [0.15, 0.2) is 0 Å². The second-order valence-electron chi connectivity index (χ2n) is 6.16. The number of allylic oxidation sites excluding steroid dienone is 3. The minimum absolute atomic E-state index is 0.118. The van der Waals surface area contributed by atoms with Crippen LogP contribution in [0.2, 0.25) is 0 Å². The zero-order valence-electron chi connectivity index (χ0n) is 15.1. The quantitative estimate of drug-likeness (QED) is 0.710. The lowest BCUT2D eigenvalue weighted by Gasteiger charge is -2.34. The molecule has 3 heteroatoms. The summed E-state index contributed by atoms with van der Waals surface area (Å²) in [5.41, 5.74) is 3.06. The third-order valence-corrected chi connectivity index (χ3v) is 4.52. The maximum atomic E-state index is 12.8. The fourth-order valence-electron chi connectivity index (χ4n) is 3.18. The van der Waals surface area contributed by atoms with Crippen LogP contribution in [0.15, 0.2) is 79.1 Å². The molecule has 1 aromatic carbocycles. The van der Waals surface area contributed by atoms with E-state index in [0.29, 0.717) is 0 Å². The predicted molar refractivity (Wildman–Crippen MR) is 105 cm³/mol. The van der Waals surface area contributed by atoms with Gasteiger partial charge in [0.2, 0.25) is 0 Å². The summed E-state index contributed by atoms with van der Waals surface area (Å²) >= 11 is 0. The lowest BCUT2D eigenvalue weighted by molar-refractivity contribution is 0.0674. The predicted octanol–water partition coefficient (Wildman–Crippen LogP) is 4.47. The first-order chi connectivity index (χ1) is 12.2. The average molecular weight is 336 g/mol. The van der Waals surface area contributed by atoms with Gasteiger partial charge >= 0.3 is 0 Å². The number of benzene rings is 1. The molecule has 1 aliphatic carbocycles. The monoisotopic (exact) mass is 336 g/mol. The highest BCUT2D eigenvalue weighted by atomic mass is 16.2. The molecule has 1 aromatic rings. The van der Waals surface area contributed by atoms with E-state index in [1.165, 1.54) is 5.70 Å². The molecule has 1 amide bonds. The van der Waals surface area contributed by atoms with Gasteiger partial charge in [-0.1, -0.05) is 55.7 Å². The Morgan fingerprint density at radius 3 is 2.72 bits per heavy atom. The molecule has 1 N–H and O–H groups in total. The molecule has 0 aliphatic heterocycles. The summed E-state index contributed by atoms with van der Waals surface area (Å²) in [6.45, 7) is 11.1. The first-order valence-corrected chi connectivity index (χ1v) is 8.92. The van der Waals surface area contributed by atoms with Crippen molar-refractivity contribution in [3.8, 4) is 0 Å². The van der Waals surface area contributed by atoms with Crippen molar-refractivity contribution < 1.29 is 4.79 Å². The molecule has 0 spiro atoms. The van der Waals surface area contributed by atoms with Crippen LogP contribution in [-0.2, 0) is 0 Å². The fraction of sp³-hybridized carbons (Fsp3) is 0.318. The van der Waals surface area contributed by atoms with Gasteiger partial charge < -0.3 is 10.2 Å². The van der Waals surface area contributed by atoms with Crippen molar-refractivity contribution in [1.82, 2.24) is 10.2 Å². The summed E-state index contributed by atoms with van der Waals surface area (Å²) in [7, 11) is 0. The van der Waals surface area contributed by atoms with Crippen molar-refractivity contribution in [3.63, 3.8) is 0 Å². The van der Waals surface area contributed by atoms with Gasteiger partial charge in [-0.15, -0.1) is 0 Å². The van der Waals surface area contributed by atoms with Crippen molar-refractivity contribution >= 4 is 5.91 Å². The topological polar surface area (TPSA) is 32.3 Å². The number of hydrogen-bond acceptors (Lipinski definition) is 2. The molecule has 3 nitrogen and oxygen atoms in total. The summed E-state index contributed by atoms with van der Waals surface area (Å²) in [6.07, 6.45) is 10.7. The number of nitrogens with one attached hydrogen (secondary N) is 1. The van der Waals surface area contributed by atoms with Gasteiger partial charge in [-0.05, 0) is 37.5 Å². The van der Waals surface area contributed by atoms with Gasteiger partial charge in [0.1, 0.15) is 0 Å². The second-order valence-corrected chi connectivity index (χ2v) is 6.16. The van der Waals surface area contributed by atoms with Crippen LogP contribution in [0, 0.1) is 0 Å². The van der Waals surface area contributed by atoms with Gasteiger partial charge in [0.25, 0.3) is 5.91 Å². The van der Waals surface area contributed by atoms with Gasteiger partial charge in [-0.3, -0.25) is 4.79 Å². The molecule has 0 saturated heterocycles. The minimum atomic E-state index is 0.118. The summed E-state index contributed by atoms with van der Waals surface area (Å²) in [5, 5.41) is 3.48. The van der Waals surface area contributed by atoms with E-state index in [9.17, 15) is 4.79 Å². The van der Waals surface area contributed by atoms with E-state index in [0.717, 1.165) is 43.5 Å². The van der Waals surface area contributed by atoms with Crippen LogP contribution in [0.4, 0.5) is 0 Å². The second kappa shape index (κ2) is 9.67. The molecule has 25 heavy (non-hydrogen) atoms. The molecular formula is C22H28N2O. The lowest BCUT2D eigenvalue weighted by Crippen LogP contribution is -2.42. The fourth-order valence-corrected chi connectivity index (χ4v) is 3.18. The molecule has 0 radical (unpaired) electrons. The van der Waals surface area contributed by atoms with Gasteiger partial charge in [0.05, 0.1) is 0 Å². The average Bonchev–Trinajstić information content (AvgIpc) is 2.66. The highest BCUT2D eigenvalue weighted by molar-refractivity contribution is 5.94. The van der Waals surface area contributed by atoms with Crippen LogP contribution in [0.5, 0.6) is 0 Å². The first kappa shape index (κ1) is 18.8. The number of hydrogen-bond donors (Lipinski definition) is 1. The Morgan fingerprint density at radius 2 is 2.08 bits per heavy atom. The van der Waals surface area contributed by atoms with E-state index in [1.54, 1.807) is 6.08 Å². The molecule has 0 saturated carbocycles. The van der Waals surface area contributed by atoms with Crippen molar-refractivity contribution in [2.24, 2.45) is 0 Å². The summed E-state index contributed by atoms with van der Waals surface area (Å²) in [6, 6.07) is 9.78. The molecule has 0 bridgehead atoms. The SMILES string of the molecule is C=C/C=C(\C=C)CNC1=CCCC(N(CC)C(=O)c2ccccc2)C1. The number of carbonyl (C=O) groups excluding carboxylic acids is 1. The van der Waals surface area contributed by atoms with E-state index in [2.05, 4.69) is 31.5 Å². The van der Waals surface area contributed by atoms with Crippen LogP contribution < -0.4 is 5.32 Å². The van der Waals surface area contributed by atoms with E-state index in [1.807, 2.05) is 47.4 Å². The van der Waals surface area contributed by atoms with Crippen LogP contribution in [-0.4, -0.2) is 29.9 Å². The zero-order chi connectivity index (χ0) is 18.1. The van der Waals surface area contributed by atoms with E-state index < -0.39 is 0 Å². The Kier molecular flexibility index (Phi) is 7.27. The first-order valence-electron chi connectivity index (χ1n) is 8.92. The Hall–Kier alpha value is -2.55.